The number of nitrogens with two attached hydrogens (primary N) is 1. The number of rotatable bonds is 7. The van der Waals surface area contributed by atoms with E-state index in [4.69, 9.17) is 22.3 Å². The molecule has 0 spiro atoms. The molecule has 1 atom stereocenters. The van der Waals surface area contributed by atoms with Crippen LogP contribution in [-0.2, 0) is 12.1 Å². The van der Waals surface area contributed by atoms with Gasteiger partial charge in [-0.05, 0) is 48.9 Å². The fourth-order valence-electron chi connectivity index (χ4n) is 5.91. The molecule has 3 heterocycles. The number of hydrogen-bond acceptors (Lipinski definition) is 6. The van der Waals surface area contributed by atoms with Crippen LogP contribution in [-0.4, -0.2) is 37.7 Å². The first-order valence-electron chi connectivity index (χ1n) is 13.3. The van der Waals surface area contributed by atoms with Crippen molar-refractivity contribution in [2.75, 3.05) is 23.7 Å². The number of aliphatic hydroxyl groups is 1. The molecule has 1 aliphatic carbocycles. The maximum absolute atomic E-state index is 13.9. The summed E-state index contributed by atoms with van der Waals surface area (Å²) in [6.07, 6.45) is 10.7. The third-order valence-electron chi connectivity index (χ3n) is 8.36. The van der Waals surface area contributed by atoms with Crippen LogP contribution in [0, 0.1) is 24.6 Å². The summed E-state index contributed by atoms with van der Waals surface area (Å²) in [6.45, 7) is 6.02. The van der Waals surface area contributed by atoms with E-state index in [1.165, 1.54) is 38.1 Å². The number of nitrogens with zero attached hydrogens (tertiary/aromatic N) is 5. The summed E-state index contributed by atoms with van der Waals surface area (Å²) < 4.78 is 16.1. The van der Waals surface area contributed by atoms with E-state index < -0.39 is 5.60 Å². The van der Waals surface area contributed by atoms with Gasteiger partial charge in [0.05, 0.1) is 5.69 Å². The Morgan fingerprint density at radius 3 is 2.65 bits per heavy atom. The van der Waals surface area contributed by atoms with E-state index in [0.717, 1.165) is 30.1 Å². The lowest BCUT2D eigenvalue weighted by Crippen LogP contribution is -2.44. The molecule has 198 valence electrons. The molecular formula is C28H36ClFN6O. The Kier molecular flexibility index (Phi) is 7.41. The second kappa shape index (κ2) is 10.6. The highest BCUT2D eigenvalue weighted by molar-refractivity contribution is 6.35. The minimum Gasteiger partial charge on any atom is -0.382 e. The summed E-state index contributed by atoms with van der Waals surface area (Å²) in [7, 11) is 0. The van der Waals surface area contributed by atoms with E-state index in [1.807, 2.05) is 17.2 Å². The third-order valence-corrected chi connectivity index (χ3v) is 8.73. The maximum atomic E-state index is 13.9. The molecule has 5 rings (SSSR count). The van der Waals surface area contributed by atoms with Crippen molar-refractivity contribution in [3.8, 4) is 11.3 Å². The summed E-state index contributed by atoms with van der Waals surface area (Å²) in [5.41, 5.74) is 6.98. The first kappa shape index (κ1) is 25.9. The Bertz CT molecular complexity index is 1250. The molecule has 1 saturated heterocycles. The van der Waals surface area contributed by atoms with Crippen LogP contribution in [0.1, 0.15) is 63.3 Å². The molecule has 0 bridgehead atoms. The molecule has 37 heavy (non-hydrogen) atoms. The van der Waals surface area contributed by atoms with Crippen LogP contribution in [0.2, 0.25) is 5.02 Å². The molecule has 3 N–H and O–H groups in total. The van der Waals surface area contributed by atoms with Gasteiger partial charge in [0.2, 0.25) is 0 Å². The van der Waals surface area contributed by atoms with Crippen molar-refractivity contribution < 1.29 is 9.50 Å². The molecule has 2 fully saturated rings. The van der Waals surface area contributed by atoms with Crippen LogP contribution >= 0.6 is 11.6 Å². The molecular weight excluding hydrogens is 491 g/mol. The molecule has 0 radical (unpaired) electrons. The predicted octanol–water partition coefficient (Wildman–Crippen LogP) is 5.73. The Labute approximate surface area is 222 Å². The van der Waals surface area contributed by atoms with Crippen molar-refractivity contribution in [2.24, 2.45) is 11.8 Å². The van der Waals surface area contributed by atoms with Gasteiger partial charge in [-0.15, -0.1) is 0 Å². The van der Waals surface area contributed by atoms with Gasteiger partial charge in [0.15, 0.2) is 5.82 Å². The fourth-order valence-corrected chi connectivity index (χ4v) is 6.13. The van der Waals surface area contributed by atoms with E-state index in [2.05, 4.69) is 21.5 Å². The SMILES string of the molecule is Cc1cc(-c2cn(CCC(C)C3CCCC3)c(C3(O)CCN(c4ncnc(N)c4Cl)CC3)n2)ccc1F. The average molecular weight is 527 g/mol. The molecule has 2 aliphatic rings. The highest BCUT2D eigenvalue weighted by Gasteiger charge is 2.39. The maximum Gasteiger partial charge on any atom is 0.153 e. The summed E-state index contributed by atoms with van der Waals surface area (Å²) in [6, 6.07) is 5.06. The van der Waals surface area contributed by atoms with Crippen LogP contribution in [0.3, 0.4) is 0 Å². The summed E-state index contributed by atoms with van der Waals surface area (Å²) >= 11 is 6.36. The van der Waals surface area contributed by atoms with Gasteiger partial charge >= 0.3 is 0 Å². The second-order valence-electron chi connectivity index (χ2n) is 10.8. The number of aryl methyl sites for hydroxylation is 2. The highest BCUT2D eigenvalue weighted by atomic mass is 35.5. The average Bonchev–Trinajstić information content (AvgIpc) is 3.58. The summed E-state index contributed by atoms with van der Waals surface area (Å²) in [5.74, 6) is 2.68. The van der Waals surface area contributed by atoms with E-state index in [1.54, 1.807) is 13.0 Å². The Hall–Kier alpha value is -2.71. The van der Waals surface area contributed by atoms with E-state index >= 15 is 0 Å². The monoisotopic (exact) mass is 526 g/mol. The van der Waals surface area contributed by atoms with Gasteiger partial charge in [0.1, 0.15) is 34.4 Å². The normalized spacial score (nSPS) is 18.9. The minimum absolute atomic E-state index is 0.233. The molecule has 1 saturated carbocycles. The van der Waals surface area contributed by atoms with Gasteiger partial charge in [-0.2, -0.15) is 0 Å². The fraction of sp³-hybridized carbons (Fsp3) is 0.536. The van der Waals surface area contributed by atoms with E-state index in [0.29, 0.717) is 54.1 Å². The Morgan fingerprint density at radius 2 is 1.95 bits per heavy atom. The molecule has 1 aromatic carbocycles. The summed E-state index contributed by atoms with van der Waals surface area (Å²) in [4.78, 5) is 15.3. The van der Waals surface area contributed by atoms with Crippen LogP contribution in [0.25, 0.3) is 11.3 Å². The molecule has 0 amide bonds. The second-order valence-corrected chi connectivity index (χ2v) is 11.2. The first-order valence-corrected chi connectivity index (χ1v) is 13.7. The minimum atomic E-state index is -1.09. The van der Waals surface area contributed by atoms with Crippen molar-refractivity contribution in [2.45, 2.75) is 70.9 Å². The zero-order chi connectivity index (χ0) is 26.2. The number of hydrogen-bond donors (Lipinski definition) is 2. The Morgan fingerprint density at radius 1 is 1.22 bits per heavy atom. The van der Waals surface area contributed by atoms with Crippen LogP contribution in [0.5, 0.6) is 0 Å². The number of nitrogen functional groups attached to an aromatic ring is 1. The molecule has 3 aromatic rings. The zero-order valence-electron chi connectivity index (χ0n) is 21.6. The smallest absolute Gasteiger partial charge is 0.153 e. The number of aromatic nitrogens is 4. The predicted molar refractivity (Wildman–Crippen MR) is 145 cm³/mol. The molecule has 7 nitrogen and oxygen atoms in total. The largest absolute Gasteiger partial charge is 0.382 e. The molecule has 2 aromatic heterocycles. The third kappa shape index (κ3) is 5.32. The van der Waals surface area contributed by atoms with Gasteiger partial charge in [0, 0.05) is 44.2 Å². The van der Waals surface area contributed by atoms with Gasteiger partial charge in [-0.25, -0.2) is 19.3 Å². The van der Waals surface area contributed by atoms with Gasteiger partial charge in [-0.1, -0.05) is 44.2 Å². The lowest BCUT2D eigenvalue weighted by atomic mass is 9.89. The van der Waals surface area contributed by atoms with E-state index in [-0.39, 0.29) is 11.6 Å². The number of piperidine rings is 1. The number of imidazole rings is 1. The van der Waals surface area contributed by atoms with Crippen molar-refractivity contribution in [3.63, 3.8) is 0 Å². The van der Waals surface area contributed by atoms with Crippen LogP contribution in [0.15, 0.2) is 30.7 Å². The van der Waals surface area contributed by atoms with Crippen molar-refractivity contribution in [3.05, 3.63) is 53.0 Å². The first-order chi connectivity index (χ1) is 17.7. The molecule has 1 unspecified atom stereocenters. The number of anilines is 2. The Balaban J connectivity index is 1.41. The van der Waals surface area contributed by atoms with Gasteiger partial charge < -0.3 is 20.3 Å². The van der Waals surface area contributed by atoms with E-state index in [9.17, 15) is 9.50 Å². The number of halogens is 2. The van der Waals surface area contributed by atoms with Gasteiger partial charge in [-0.3, -0.25) is 0 Å². The number of benzene rings is 1. The van der Waals surface area contributed by atoms with Crippen molar-refractivity contribution >= 4 is 23.2 Å². The quantitative estimate of drug-likeness (QED) is 0.408. The molecule has 1 aliphatic heterocycles. The zero-order valence-corrected chi connectivity index (χ0v) is 22.4. The van der Waals surface area contributed by atoms with Crippen molar-refractivity contribution in [1.82, 2.24) is 19.5 Å². The molecule has 9 heteroatoms. The lowest BCUT2D eigenvalue weighted by molar-refractivity contribution is -0.000413. The topological polar surface area (TPSA) is 93.1 Å². The lowest BCUT2D eigenvalue weighted by Gasteiger charge is -2.38. The van der Waals surface area contributed by atoms with Crippen LogP contribution in [0.4, 0.5) is 16.0 Å². The van der Waals surface area contributed by atoms with Crippen LogP contribution < -0.4 is 10.6 Å². The van der Waals surface area contributed by atoms with Gasteiger partial charge in [0.25, 0.3) is 0 Å². The standard InChI is InChI=1S/C28H36ClFN6O/c1-18(20-5-3-4-6-20)9-12-36-16-23(21-7-8-22(30)19(2)15-21)34-27(36)28(37)10-13-35(14-11-28)26-24(29)25(31)32-17-33-26/h7-8,15-18,20,37H,3-6,9-14H2,1-2H3,(H2,31,32,33). The summed E-state index contributed by atoms with van der Waals surface area (Å²) in [5, 5.41) is 12.2. The highest BCUT2D eigenvalue weighted by Crippen LogP contribution is 2.38. The van der Waals surface area contributed by atoms with Crippen molar-refractivity contribution in [1.29, 1.82) is 0 Å².